The lowest BCUT2D eigenvalue weighted by molar-refractivity contribution is -0.137. The highest BCUT2D eigenvalue weighted by Gasteiger charge is 2.19. The minimum Gasteiger partial charge on any atom is -0.480 e. The largest absolute Gasteiger partial charge is 0.480 e. The SMILES string of the molecule is O=C(O)Cn1ccc(NC(=O)C2CC=CC2)n1. The molecule has 90 valence electrons. The number of carboxylic acid groups (broad SMARTS) is 1. The van der Waals surface area contributed by atoms with E-state index in [0.717, 1.165) is 12.8 Å². The van der Waals surface area contributed by atoms with Crippen molar-refractivity contribution in [3.05, 3.63) is 24.4 Å². The molecule has 2 rings (SSSR count). The van der Waals surface area contributed by atoms with Crippen LogP contribution in [0.15, 0.2) is 24.4 Å². The van der Waals surface area contributed by atoms with Gasteiger partial charge < -0.3 is 10.4 Å². The van der Waals surface area contributed by atoms with Crippen LogP contribution in [0.5, 0.6) is 0 Å². The van der Waals surface area contributed by atoms with Crippen molar-refractivity contribution in [3.8, 4) is 0 Å². The average molecular weight is 235 g/mol. The van der Waals surface area contributed by atoms with Crippen LogP contribution in [0.3, 0.4) is 0 Å². The number of rotatable bonds is 4. The van der Waals surface area contributed by atoms with E-state index >= 15 is 0 Å². The lowest BCUT2D eigenvalue weighted by Gasteiger charge is -2.07. The number of anilines is 1. The standard InChI is InChI=1S/C11H13N3O3/c15-10(16)7-14-6-5-9(13-14)12-11(17)8-3-1-2-4-8/h1-2,5-6,8H,3-4,7H2,(H,15,16)(H,12,13,17). The molecule has 0 aromatic carbocycles. The first kappa shape index (κ1) is 11.4. The molecule has 6 nitrogen and oxygen atoms in total. The van der Waals surface area contributed by atoms with Gasteiger partial charge in [0.05, 0.1) is 0 Å². The van der Waals surface area contributed by atoms with Gasteiger partial charge in [0.25, 0.3) is 0 Å². The molecule has 1 aromatic rings. The van der Waals surface area contributed by atoms with Gasteiger partial charge >= 0.3 is 5.97 Å². The molecule has 0 saturated carbocycles. The minimum absolute atomic E-state index is 0.0281. The monoisotopic (exact) mass is 235 g/mol. The van der Waals surface area contributed by atoms with Crippen LogP contribution < -0.4 is 5.32 Å². The molecule has 1 aliphatic carbocycles. The summed E-state index contributed by atoms with van der Waals surface area (Å²) in [6.07, 6.45) is 6.99. The first-order valence-electron chi connectivity index (χ1n) is 5.36. The highest BCUT2D eigenvalue weighted by molar-refractivity contribution is 5.92. The van der Waals surface area contributed by atoms with Gasteiger partial charge in [-0.1, -0.05) is 12.2 Å². The van der Waals surface area contributed by atoms with E-state index < -0.39 is 5.97 Å². The van der Waals surface area contributed by atoms with Crippen LogP contribution in [0.2, 0.25) is 0 Å². The van der Waals surface area contributed by atoms with Crippen LogP contribution in [0.1, 0.15) is 12.8 Å². The van der Waals surface area contributed by atoms with Gasteiger partial charge in [-0.2, -0.15) is 5.10 Å². The Morgan fingerprint density at radius 1 is 1.47 bits per heavy atom. The zero-order chi connectivity index (χ0) is 12.3. The summed E-state index contributed by atoms with van der Waals surface area (Å²) in [6, 6.07) is 1.59. The minimum atomic E-state index is -0.967. The second kappa shape index (κ2) is 4.82. The molecular weight excluding hydrogens is 222 g/mol. The van der Waals surface area contributed by atoms with Crippen molar-refractivity contribution >= 4 is 17.7 Å². The fourth-order valence-electron chi connectivity index (χ4n) is 1.71. The lowest BCUT2D eigenvalue weighted by Crippen LogP contribution is -2.21. The molecule has 1 aromatic heterocycles. The van der Waals surface area contributed by atoms with Crippen molar-refractivity contribution in [1.82, 2.24) is 9.78 Å². The molecule has 6 heteroatoms. The zero-order valence-corrected chi connectivity index (χ0v) is 9.17. The summed E-state index contributed by atoms with van der Waals surface area (Å²) in [5.41, 5.74) is 0. The van der Waals surface area contributed by atoms with Gasteiger partial charge in [0.1, 0.15) is 6.54 Å². The Bertz CT molecular complexity index is 456. The van der Waals surface area contributed by atoms with E-state index in [-0.39, 0.29) is 18.4 Å². The van der Waals surface area contributed by atoms with Crippen LogP contribution in [0.4, 0.5) is 5.82 Å². The van der Waals surface area contributed by atoms with Gasteiger partial charge in [-0.25, -0.2) is 0 Å². The summed E-state index contributed by atoms with van der Waals surface area (Å²) < 4.78 is 1.27. The Labute approximate surface area is 97.9 Å². The number of aromatic nitrogens is 2. The summed E-state index contributed by atoms with van der Waals surface area (Å²) in [4.78, 5) is 22.2. The fourth-order valence-corrected chi connectivity index (χ4v) is 1.71. The summed E-state index contributed by atoms with van der Waals surface area (Å²) >= 11 is 0. The summed E-state index contributed by atoms with van der Waals surface area (Å²) in [5.74, 6) is -0.677. The number of amides is 1. The number of hydrogen-bond donors (Lipinski definition) is 2. The molecule has 1 amide bonds. The molecule has 0 atom stereocenters. The molecule has 0 spiro atoms. The van der Waals surface area contributed by atoms with Gasteiger partial charge in [0, 0.05) is 18.2 Å². The lowest BCUT2D eigenvalue weighted by atomic mass is 10.1. The quantitative estimate of drug-likeness (QED) is 0.758. The highest BCUT2D eigenvalue weighted by atomic mass is 16.4. The molecule has 0 bridgehead atoms. The first-order chi connectivity index (χ1) is 8.15. The van der Waals surface area contributed by atoms with Crippen LogP contribution in [-0.4, -0.2) is 26.8 Å². The number of carboxylic acids is 1. The molecule has 0 saturated heterocycles. The van der Waals surface area contributed by atoms with E-state index in [1.165, 1.54) is 10.9 Å². The summed E-state index contributed by atoms with van der Waals surface area (Å²) in [6.45, 7) is -0.207. The van der Waals surface area contributed by atoms with Gasteiger partial charge in [-0.15, -0.1) is 0 Å². The topological polar surface area (TPSA) is 84.2 Å². The van der Waals surface area contributed by atoms with Gasteiger partial charge in [-0.3, -0.25) is 14.3 Å². The first-order valence-corrected chi connectivity index (χ1v) is 5.36. The van der Waals surface area contributed by atoms with Crippen LogP contribution in [0.25, 0.3) is 0 Å². The van der Waals surface area contributed by atoms with Gasteiger partial charge in [0.2, 0.25) is 5.91 Å². The number of carbonyl (C=O) groups excluding carboxylic acids is 1. The maximum atomic E-state index is 11.7. The van der Waals surface area contributed by atoms with Crippen molar-refractivity contribution < 1.29 is 14.7 Å². The third-order valence-electron chi connectivity index (χ3n) is 2.57. The maximum Gasteiger partial charge on any atom is 0.325 e. The van der Waals surface area contributed by atoms with Crippen molar-refractivity contribution in [2.75, 3.05) is 5.32 Å². The third-order valence-corrected chi connectivity index (χ3v) is 2.57. The molecule has 0 unspecified atom stereocenters. The van der Waals surface area contributed by atoms with Crippen molar-refractivity contribution in [2.45, 2.75) is 19.4 Å². The Morgan fingerprint density at radius 3 is 2.82 bits per heavy atom. The van der Waals surface area contributed by atoms with E-state index in [2.05, 4.69) is 10.4 Å². The number of carbonyl (C=O) groups is 2. The van der Waals surface area contributed by atoms with E-state index in [4.69, 9.17) is 5.11 Å². The Hall–Kier alpha value is -2.11. The van der Waals surface area contributed by atoms with Gasteiger partial charge in [0.15, 0.2) is 5.82 Å². The predicted molar refractivity (Wildman–Crippen MR) is 60.4 cm³/mol. The number of nitrogens with one attached hydrogen (secondary N) is 1. The molecule has 0 fully saturated rings. The van der Waals surface area contributed by atoms with Crippen LogP contribution in [-0.2, 0) is 16.1 Å². The van der Waals surface area contributed by atoms with Gasteiger partial charge in [-0.05, 0) is 12.8 Å². The predicted octanol–water partition coefficient (Wildman–Crippen LogP) is 0.872. The molecule has 0 aliphatic heterocycles. The maximum absolute atomic E-state index is 11.7. The van der Waals surface area contributed by atoms with Crippen molar-refractivity contribution in [3.63, 3.8) is 0 Å². The van der Waals surface area contributed by atoms with Crippen LogP contribution >= 0.6 is 0 Å². The summed E-state index contributed by atoms with van der Waals surface area (Å²) in [7, 11) is 0. The number of hydrogen-bond acceptors (Lipinski definition) is 3. The fraction of sp³-hybridized carbons (Fsp3) is 0.364. The summed E-state index contributed by atoms with van der Waals surface area (Å²) in [5, 5.41) is 15.2. The molecule has 1 heterocycles. The number of aliphatic carboxylic acids is 1. The Kier molecular flexibility index (Phi) is 3.22. The molecule has 1 aliphatic rings. The second-order valence-corrected chi connectivity index (χ2v) is 3.92. The second-order valence-electron chi connectivity index (χ2n) is 3.92. The van der Waals surface area contributed by atoms with E-state index in [9.17, 15) is 9.59 Å². The van der Waals surface area contributed by atoms with Crippen molar-refractivity contribution in [2.24, 2.45) is 5.92 Å². The Morgan fingerprint density at radius 2 is 2.18 bits per heavy atom. The molecular formula is C11H13N3O3. The normalized spacial score (nSPS) is 15.1. The molecule has 0 radical (unpaired) electrons. The van der Waals surface area contributed by atoms with E-state index in [0.29, 0.717) is 5.82 Å². The highest BCUT2D eigenvalue weighted by Crippen LogP contribution is 2.19. The smallest absolute Gasteiger partial charge is 0.325 e. The van der Waals surface area contributed by atoms with E-state index in [1.54, 1.807) is 6.07 Å². The number of nitrogens with zero attached hydrogens (tertiary/aromatic N) is 2. The van der Waals surface area contributed by atoms with Crippen molar-refractivity contribution in [1.29, 1.82) is 0 Å². The third kappa shape index (κ3) is 2.93. The van der Waals surface area contributed by atoms with Crippen LogP contribution in [0, 0.1) is 5.92 Å². The number of allylic oxidation sites excluding steroid dienone is 2. The molecule has 2 N–H and O–H groups in total. The average Bonchev–Trinajstić information content (AvgIpc) is 2.87. The molecule has 17 heavy (non-hydrogen) atoms. The Balaban J connectivity index is 1.92. The van der Waals surface area contributed by atoms with E-state index in [1.807, 2.05) is 12.2 Å². The zero-order valence-electron chi connectivity index (χ0n) is 9.17.